The largest absolute Gasteiger partial charge is 0.394 e. The quantitative estimate of drug-likeness (QED) is 0.0874. The van der Waals surface area contributed by atoms with Crippen LogP contribution in [0.5, 0.6) is 0 Å². The van der Waals surface area contributed by atoms with Crippen LogP contribution in [0.2, 0.25) is 0 Å². The molecule has 4 saturated heterocycles. The van der Waals surface area contributed by atoms with Gasteiger partial charge in [-0.15, -0.1) is 0 Å². The number of rotatable bonds is 12. The number of aliphatic hydroxyl groups is 11. The molecule has 0 unspecified atom stereocenters. The lowest BCUT2D eigenvalue weighted by molar-refractivity contribution is -0.348. The van der Waals surface area contributed by atoms with E-state index in [-0.39, 0.29) is 13.0 Å². The first-order valence-corrected chi connectivity index (χ1v) is 17.3. The zero-order chi connectivity index (χ0) is 39.0. The Hall–Kier alpha value is -0.960. The van der Waals surface area contributed by atoms with Crippen LogP contribution in [0.3, 0.4) is 0 Å². The normalized spacial score (nSPS) is 53.9. The van der Waals surface area contributed by atoms with Crippen molar-refractivity contribution in [2.24, 2.45) is 28.7 Å². The SMILES string of the molecule is NC[C@H]1O[C@H](O[C@@H]2[C@H](O)[C@H](O[C@@H]3[C@@H](O)[C@@H](N)C[C@@H](N)[C@@H]3O[C@@H]3O[C@@H](CO)[C@@H](O)[C@H](O)[C@@H]3N)O[C@H]2CO)[C@@H](N)[C@@H](O)[C@@H]1O[C@H]1O[C@H](CO)[C@@H](O)[C@@H](O)[C@@H]1O. The van der Waals surface area contributed by atoms with Crippen LogP contribution in [-0.4, -0.2) is 230 Å². The Kier molecular flexibility index (Phi) is 14.7. The molecule has 4 aliphatic heterocycles. The van der Waals surface area contributed by atoms with E-state index in [9.17, 15) is 56.2 Å². The van der Waals surface area contributed by atoms with Crippen LogP contribution in [-0.2, 0) is 37.9 Å². The summed E-state index contributed by atoms with van der Waals surface area (Å²) in [5, 5.41) is 114. The molecule has 0 aromatic carbocycles. The summed E-state index contributed by atoms with van der Waals surface area (Å²) >= 11 is 0. The highest BCUT2D eigenvalue weighted by Gasteiger charge is 2.55. The second-order valence-electron chi connectivity index (χ2n) is 14.0. The number of aliphatic hydroxyl groups excluding tert-OH is 11. The lowest BCUT2D eigenvalue weighted by Gasteiger charge is -2.47. The standard InChI is InChI=1S/C29H55N5O19/c30-2-8-23(52-28-20(44)19(43)16(40)10(4-36)48-28)18(42)13(34)27(46-8)51-24-11(5-37)49-29(21(24)45)53-25-14(38)6(31)1-7(32)22(25)50-26-12(33)17(41)15(39)9(3-35)47-26/h6-29,35-45H,1-5,30-34H2/t6-,7+,8+,9-,10+,11-,12-,13-,14-,15+,16+,17+,18+,19+,20-,21-,22-,23+,24-,25+,26-,27+,28+,29-/m0/s1. The first-order valence-electron chi connectivity index (χ1n) is 17.3. The molecule has 24 nitrogen and oxygen atoms in total. The predicted molar refractivity (Wildman–Crippen MR) is 169 cm³/mol. The van der Waals surface area contributed by atoms with E-state index in [2.05, 4.69) is 0 Å². The van der Waals surface area contributed by atoms with Crippen molar-refractivity contribution in [3.63, 3.8) is 0 Å². The summed E-state index contributed by atoms with van der Waals surface area (Å²) < 4.78 is 46.1. The van der Waals surface area contributed by atoms with Crippen molar-refractivity contribution in [1.82, 2.24) is 0 Å². The van der Waals surface area contributed by atoms with Gasteiger partial charge in [-0.25, -0.2) is 0 Å². The van der Waals surface area contributed by atoms with Gasteiger partial charge in [0.1, 0.15) is 91.6 Å². The Morgan fingerprint density at radius 1 is 0.415 bits per heavy atom. The molecule has 0 bridgehead atoms. The van der Waals surface area contributed by atoms with Gasteiger partial charge in [0, 0.05) is 18.6 Å². The van der Waals surface area contributed by atoms with Crippen LogP contribution in [0.15, 0.2) is 0 Å². The van der Waals surface area contributed by atoms with Crippen molar-refractivity contribution in [2.75, 3.05) is 26.4 Å². The van der Waals surface area contributed by atoms with Gasteiger partial charge in [-0.2, -0.15) is 0 Å². The lowest BCUT2D eigenvalue weighted by atomic mass is 9.84. The molecule has 1 aliphatic carbocycles. The van der Waals surface area contributed by atoms with Gasteiger partial charge >= 0.3 is 0 Å². The van der Waals surface area contributed by atoms with Crippen LogP contribution >= 0.6 is 0 Å². The average Bonchev–Trinajstić information content (AvgIpc) is 3.44. The highest BCUT2D eigenvalue weighted by molar-refractivity contribution is 5.02. The third kappa shape index (κ3) is 8.66. The summed E-state index contributed by atoms with van der Waals surface area (Å²) in [7, 11) is 0. The maximum absolute atomic E-state index is 11.4. The van der Waals surface area contributed by atoms with Crippen LogP contribution in [0.4, 0.5) is 0 Å². The summed E-state index contributed by atoms with van der Waals surface area (Å²) in [6, 6.07) is -4.65. The molecule has 0 amide bonds. The Labute approximate surface area is 302 Å². The molecule has 5 fully saturated rings. The van der Waals surface area contributed by atoms with E-state index < -0.39 is 167 Å². The summed E-state index contributed by atoms with van der Waals surface area (Å²) in [5.41, 5.74) is 30.6. The highest BCUT2D eigenvalue weighted by atomic mass is 16.8. The van der Waals surface area contributed by atoms with Crippen molar-refractivity contribution in [3.8, 4) is 0 Å². The fraction of sp³-hybridized carbons (Fsp3) is 1.00. The lowest BCUT2D eigenvalue weighted by Crippen LogP contribution is -2.68. The maximum Gasteiger partial charge on any atom is 0.187 e. The van der Waals surface area contributed by atoms with Gasteiger partial charge in [0.25, 0.3) is 0 Å². The van der Waals surface area contributed by atoms with Crippen molar-refractivity contribution in [2.45, 2.75) is 153 Å². The zero-order valence-corrected chi connectivity index (χ0v) is 28.5. The van der Waals surface area contributed by atoms with Gasteiger partial charge in [0.15, 0.2) is 25.2 Å². The van der Waals surface area contributed by atoms with E-state index in [0.717, 1.165) is 0 Å². The van der Waals surface area contributed by atoms with E-state index in [0.29, 0.717) is 0 Å². The van der Waals surface area contributed by atoms with E-state index >= 15 is 0 Å². The monoisotopic (exact) mass is 777 g/mol. The number of nitrogens with two attached hydrogens (primary N) is 5. The number of ether oxygens (including phenoxy) is 8. The van der Waals surface area contributed by atoms with Gasteiger partial charge in [0.05, 0.1) is 38.0 Å². The third-order valence-electron chi connectivity index (χ3n) is 10.4. The molecule has 4 heterocycles. The summed E-state index contributed by atoms with van der Waals surface area (Å²) in [6.45, 7) is -2.49. The Bertz CT molecular complexity index is 1150. The molecule has 53 heavy (non-hydrogen) atoms. The van der Waals surface area contributed by atoms with E-state index in [1.54, 1.807) is 0 Å². The topological polar surface area (TPSA) is 426 Å². The van der Waals surface area contributed by atoms with Gasteiger partial charge < -0.3 is 123 Å². The molecule has 1 saturated carbocycles. The Morgan fingerprint density at radius 2 is 0.849 bits per heavy atom. The second kappa shape index (κ2) is 18.1. The first-order chi connectivity index (χ1) is 25.1. The minimum absolute atomic E-state index is 0.0178. The van der Waals surface area contributed by atoms with Crippen LogP contribution in [0.1, 0.15) is 6.42 Å². The van der Waals surface area contributed by atoms with Crippen LogP contribution in [0, 0.1) is 0 Å². The van der Waals surface area contributed by atoms with E-state index in [1.807, 2.05) is 0 Å². The average molecular weight is 778 g/mol. The molecule has 5 aliphatic rings. The molecular weight excluding hydrogens is 722 g/mol. The molecule has 310 valence electrons. The maximum atomic E-state index is 11.4. The van der Waals surface area contributed by atoms with Crippen LogP contribution < -0.4 is 28.7 Å². The third-order valence-corrected chi connectivity index (χ3v) is 10.4. The van der Waals surface area contributed by atoms with Gasteiger partial charge in [-0.3, -0.25) is 0 Å². The molecule has 0 aromatic heterocycles. The van der Waals surface area contributed by atoms with Gasteiger partial charge in [-0.05, 0) is 6.42 Å². The molecule has 0 radical (unpaired) electrons. The van der Waals surface area contributed by atoms with Gasteiger partial charge in [-0.1, -0.05) is 0 Å². The first kappa shape index (κ1) is 43.2. The van der Waals surface area contributed by atoms with E-state index in [4.69, 9.17) is 66.6 Å². The molecule has 24 atom stereocenters. The summed E-state index contributed by atoms with van der Waals surface area (Å²) in [4.78, 5) is 0. The Balaban J connectivity index is 1.27. The predicted octanol–water partition coefficient (Wildman–Crippen LogP) is -11.0. The molecule has 21 N–H and O–H groups in total. The fourth-order valence-electron chi connectivity index (χ4n) is 7.18. The highest BCUT2D eigenvalue weighted by Crippen LogP contribution is 2.35. The van der Waals surface area contributed by atoms with Crippen molar-refractivity contribution < 1.29 is 94.1 Å². The molecule has 0 aromatic rings. The minimum atomic E-state index is -1.81. The fourth-order valence-corrected chi connectivity index (χ4v) is 7.18. The van der Waals surface area contributed by atoms with Gasteiger partial charge in [0.2, 0.25) is 0 Å². The van der Waals surface area contributed by atoms with Crippen molar-refractivity contribution >= 4 is 0 Å². The minimum Gasteiger partial charge on any atom is -0.394 e. The Morgan fingerprint density at radius 3 is 1.43 bits per heavy atom. The number of hydrogen-bond donors (Lipinski definition) is 16. The van der Waals surface area contributed by atoms with Crippen molar-refractivity contribution in [3.05, 3.63) is 0 Å². The van der Waals surface area contributed by atoms with Crippen molar-refractivity contribution in [1.29, 1.82) is 0 Å². The molecular formula is C29H55N5O19. The summed E-state index contributed by atoms with van der Waals surface area (Å²) in [5.74, 6) is 0. The summed E-state index contributed by atoms with van der Waals surface area (Å²) in [6.07, 6.45) is -30.1. The second-order valence-corrected chi connectivity index (χ2v) is 14.0. The number of hydrogen-bond acceptors (Lipinski definition) is 24. The smallest absolute Gasteiger partial charge is 0.187 e. The molecule has 0 spiro atoms. The zero-order valence-electron chi connectivity index (χ0n) is 28.5. The van der Waals surface area contributed by atoms with E-state index in [1.165, 1.54) is 0 Å². The molecule has 5 rings (SSSR count). The molecule has 24 heteroatoms. The van der Waals surface area contributed by atoms with Crippen LogP contribution in [0.25, 0.3) is 0 Å².